The van der Waals surface area contributed by atoms with Crippen LogP contribution in [0.3, 0.4) is 0 Å². The summed E-state index contributed by atoms with van der Waals surface area (Å²) in [6.45, 7) is 1.83. The Morgan fingerprint density at radius 2 is 2.18 bits per heavy atom. The van der Waals surface area contributed by atoms with Gasteiger partial charge < -0.3 is 10.6 Å². The summed E-state index contributed by atoms with van der Waals surface area (Å²) < 4.78 is 0. The second-order valence-corrected chi connectivity index (χ2v) is 5.56. The summed E-state index contributed by atoms with van der Waals surface area (Å²) >= 11 is 6.19. The van der Waals surface area contributed by atoms with Gasteiger partial charge in [0.1, 0.15) is 0 Å². The van der Waals surface area contributed by atoms with Crippen molar-refractivity contribution < 1.29 is 4.79 Å². The smallest absolute Gasteiger partial charge is 0.255 e. The zero-order valence-electron chi connectivity index (χ0n) is 11.9. The van der Waals surface area contributed by atoms with Crippen LogP contribution in [0.15, 0.2) is 30.5 Å². The third-order valence-corrected chi connectivity index (χ3v) is 3.99. The number of hydrogen-bond acceptors (Lipinski definition) is 3. The van der Waals surface area contributed by atoms with Crippen molar-refractivity contribution >= 4 is 29.9 Å². The van der Waals surface area contributed by atoms with Crippen molar-refractivity contribution in [3.8, 4) is 11.3 Å². The fourth-order valence-electron chi connectivity index (χ4n) is 2.57. The Labute approximate surface area is 140 Å². The van der Waals surface area contributed by atoms with Gasteiger partial charge in [0.25, 0.3) is 5.91 Å². The van der Waals surface area contributed by atoms with E-state index in [4.69, 9.17) is 11.6 Å². The van der Waals surface area contributed by atoms with Crippen molar-refractivity contribution in [2.24, 2.45) is 0 Å². The molecule has 0 bridgehead atoms. The molecule has 2 heterocycles. The van der Waals surface area contributed by atoms with Crippen LogP contribution < -0.4 is 10.6 Å². The van der Waals surface area contributed by atoms with Gasteiger partial charge in [0.05, 0.1) is 17.5 Å². The molecular formula is C15H18Cl2N4O. The largest absolute Gasteiger partial charge is 0.348 e. The van der Waals surface area contributed by atoms with Crippen LogP contribution in [-0.4, -0.2) is 35.2 Å². The van der Waals surface area contributed by atoms with Gasteiger partial charge in [-0.15, -0.1) is 12.4 Å². The van der Waals surface area contributed by atoms with Gasteiger partial charge in [0, 0.05) is 23.2 Å². The molecule has 1 unspecified atom stereocenters. The lowest BCUT2D eigenvalue weighted by Gasteiger charge is -2.23. The minimum atomic E-state index is -0.118. The van der Waals surface area contributed by atoms with Crippen LogP contribution in [0.1, 0.15) is 23.2 Å². The van der Waals surface area contributed by atoms with Crippen LogP contribution in [0.5, 0.6) is 0 Å². The highest BCUT2D eigenvalue weighted by Crippen LogP contribution is 2.28. The van der Waals surface area contributed by atoms with Gasteiger partial charge in [0.2, 0.25) is 0 Å². The molecule has 1 saturated heterocycles. The lowest BCUT2D eigenvalue weighted by molar-refractivity contribution is 0.0931. The SMILES string of the molecule is Cl.O=C(NC1CCCNC1)c1cn[nH]c1-c1ccccc1Cl. The van der Waals surface area contributed by atoms with E-state index < -0.39 is 0 Å². The molecule has 1 fully saturated rings. The molecule has 0 aliphatic carbocycles. The molecule has 1 aromatic carbocycles. The number of benzene rings is 1. The van der Waals surface area contributed by atoms with E-state index in [1.54, 1.807) is 12.3 Å². The third-order valence-electron chi connectivity index (χ3n) is 3.66. The van der Waals surface area contributed by atoms with Crippen molar-refractivity contribution in [1.29, 1.82) is 0 Å². The molecule has 7 heteroatoms. The highest BCUT2D eigenvalue weighted by Gasteiger charge is 2.21. The minimum absolute atomic E-state index is 0. The first-order valence-corrected chi connectivity index (χ1v) is 7.43. The van der Waals surface area contributed by atoms with E-state index in [1.807, 2.05) is 18.2 Å². The number of halogens is 2. The van der Waals surface area contributed by atoms with Gasteiger partial charge in [-0.05, 0) is 25.5 Å². The van der Waals surface area contributed by atoms with Crippen molar-refractivity contribution in [3.63, 3.8) is 0 Å². The molecule has 1 amide bonds. The molecule has 3 N–H and O–H groups in total. The van der Waals surface area contributed by atoms with E-state index >= 15 is 0 Å². The third kappa shape index (κ3) is 3.61. The summed E-state index contributed by atoms with van der Waals surface area (Å²) in [5.41, 5.74) is 1.96. The predicted octanol–water partition coefficient (Wildman–Crippen LogP) is 2.63. The summed E-state index contributed by atoms with van der Waals surface area (Å²) in [4.78, 5) is 12.4. The van der Waals surface area contributed by atoms with Crippen molar-refractivity contribution in [3.05, 3.63) is 41.0 Å². The van der Waals surface area contributed by atoms with Crippen LogP contribution in [0.2, 0.25) is 5.02 Å². The molecule has 22 heavy (non-hydrogen) atoms. The molecule has 1 aliphatic heterocycles. The molecule has 0 spiro atoms. The normalized spacial score (nSPS) is 17.6. The van der Waals surface area contributed by atoms with E-state index in [0.29, 0.717) is 16.3 Å². The molecule has 1 aliphatic rings. The number of hydrogen-bond donors (Lipinski definition) is 3. The topological polar surface area (TPSA) is 69.8 Å². The van der Waals surface area contributed by atoms with Gasteiger partial charge in [-0.25, -0.2) is 0 Å². The number of nitrogens with one attached hydrogen (secondary N) is 3. The molecule has 0 radical (unpaired) electrons. The number of carbonyl (C=O) groups excluding carboxylic acids is 1. The Kier molecular flexibility index (Phi) is 5.83. The number of piperidine rings is 1. The van der Waals surface area contributed by atoms with E-state index in [9.17, 15) is 4.79 Å². The number of rotatable bonds is 3. The molecule has 118 valence electrons. The van der Waals surface area contributed by atoms with Gasteiger partial charge in [-0.1, -0.05) is 29.8 Å². The van der Waals surface area contributed by atoms with E-state index in [2.05, 4.69) is 20.8 Å². The fourth-order valence-corrected chi connectivity index (χ4v) is 2.80. The number of carbonyl (C=O) groups is 1. The highest BCUT2D eigenvalue weighted by atomic mass is 35.5. The monoisotopic (exact) mass is 340 g/mol. The Bertz CT molecular complexity index is 638. The molecule has 5 nitrogen and oxygen atoms in total. The lowest BCUT2D eigenvalue weighted by atomic mass is 10.1. The zero-order chi connectivity index (χ0) is 14.7. The standard InChI is InChI=1S/C15H17ClN4O.ClH/c16-13-6-2-1-5-11(13)14-12(9-18-20-14)15(21)19-10-4-3-7-17-8-10;/h1-2,5-6,9-10,17H,3-4,7-8H2,(H,18,20)(H,19,21);1H. The Morgan fingerprint density at radius 1 is 1.36 bits per heavy atom. The van der Waals surface area contributed by atoms with Crippen molar-refractivity contribution in [1.82, 2.24) is 20.8 Å². The summed E-state index contributed by atoms with van der Waals surface area (Å²) in [5.74, 6) is -0.118. The first kappa shape index (κ1) is 16.8. The van der Waals surface area contributed by atoms with Crippen molar-refractivity contribution in [2.75, 3.05) is 13.1 Å². The average Bonchev–Trinajstić information content (AvgIpc) is 2.98. The quantitative estimate of drug-likeness (QED) is 0.804. The maximum atomic E-state index is 12.4. The van der Waals surface area contributed by atoms with Crippen LogP contribution in [0, 0.1) is 0 Å². The van der Waals surface area contributed by atoms with Crippen molar-refractivity contribution in [2.45, 2.75) is 18.9 Å². The molecule has 2 aromatic rings. The summed E-state index contributed by atoms with van der Waals surface area (Å²) in [7, 11) is 0. The molecule has 3 rings (SSSR count). The van der Waals surface area contributed by atoms with Crippen LogP contribution in [0.25, 0.3) is 11.3 Å². The van der Waals surface area contributed by atoms with Gasteiger partial charge in [-0.3, -0.25) is 9.89 Å². The molecule has 1 atom stereocenters. The average molecular weight is 341 g/mol. The van der Waals surface area contributed by atoms with E-state index in [1.165, 1.54) is 0 Å². The number of H-pyrrole nitrogens is 1. The van der Waals surface area contributed by atoms with Gasteiger partial charge in [0.15, 0.2) is 0 Å². The number of aromatic nitrogens is 2. The molecule has 0 saturated carbocycles. The maximum absolute atomic E-state index is 12.4. The second kappa shape index (κ2) is 7.63. The molecule has 1 aromatic heterocycles. The first-order chi connectivity index (χ1) is 10.3. The minimum Gasteiger partial charge on any atom is -0.348 e. The van der Waals surface area contributed by atoms with Crippen LogP contribution >= 0.6 is 24.0 Å². The van der Waals surface area contributed by atoms with Gasteiger partial charge in [-0.2, -0.15) is 5.10 Å². The lowest BCUT2D eigenvalue weighted by Crippen LogP contribution is -2.45. The van der Waals surface area contributed by atoms with E-state index in [0.717, 1.165) is 31.5 Å². The fraction of sp³-hybridized carbons (Fsp3) is 0.333. The number of amides is 1. The van der Waals surface area contributed by atoms with Gasteiger partial charge >= 0.3 is 0 Å². The maximum Gasteiger partial charge on any atom is 0.255 e. The summed E-state index contributed by atoms with van der Waals surface area (Å²) in [6.07, 6.45) is 3.62. The first-order valence-electron chi connectivity index (χ1n) is 7.05. The second-order valence-electron chi connectivity index (χ2n) is 5.16. The highest BCUT2D eigenvalue weighted by molar-refractivity contribution is 6.33. The Balaban J connectivity index is 0.00000176. The predicted molar refractivity (Wildman–Crippen MR) is 89.6 cm³/mol. The van der Waals surface area contributed by atoms with Crippen LogP contribution in [0.4, 0.5) is 0 Å². The zero-order valence-corrected chi connectivity index (χ0v) is 13.5. The number of nitrogens with zero attached hydrogens (tertiary/aromatic N) is 1. The Hall–Kier alpha value is -1.56. The van der Waals surface area contributed by atoms with E-state index in [-0.39, 0.29) is 24.4 Å². The summed E-state index contributed by atoms with van der Waals surface area (Å²) in [5, 5.41) is 13.8. The van der Waals surface area contributed by atoms with Crippen LogP contribution in [-0.2, 0) is 0 Å². The number of aromatic amines is 1. The molecular weight excluding hydrogens is 323 g/mol. The summed E-state index contributed by atoms with van der Waals surface area (Å²) in [6, 6.07) is 7.57. The Morgan fingerprint density at radius 3 is 2.91 bits per heavy atom.